The van der Waals surface area contributed by atoms with Gasteiger partial charge in [-0.1, -0.05) is 12.1 Å². The molecule has 0 aliphatic heterocycles. The third kappa shape index (κ3) is 7.19. The van der Waals surface area contributed by atoms with Crippen molar-refractivity contribution in [3.8, 4) is 5.75 Å². The van der Waals surface area contributed by atoms with Gasteiger partial charge in [-0.2, -0.15) is 13.2 Å². The van der Waals surface area contributed by atoms with Crippen LogP contribution in [0.15, 0.2) is 24.3 Å². The summed E-state index contributed by atoms with van der Waals surface area (Å²) < 4.78 is 67.0. The van der Waals surface area contributed by atoms with Crippen LogP contribution in [0.1, 0.15) is 12.8 Å². The molecule has 0 bridgehead atoms. The summed E-state index contributed by atoms with van der Waals surface area (Å²) in [5.74, 6) is -0.333. The van der Waals surface area contributed by atoms with Crippen molar-refractivity contribution in [2.45, 2.75) is 19.0 Å². The molecule has 1 aromatic carbocycles. The molecule has 9 heteroatoms. The largest absolute Gasteiger partial charge is 0.490 e. The fourth-order valence-corrected chi connectivity index (χ4v) is 2.66. The number of sulfonamides is 1. The number of hydrogen-bond acceptors (Lipinski definition) is 4. The van der Waals surface area contributed by atoms with E-state index in [1.807, 2.05) is 0 Å². The minimum Gasteiger partial charge on any atom is -0.490 e. The Morgan fingerprint density at radius 1 is 1.24 bits per heavy atom. The van der Waals surface area contributed by atoms with Crippen LogP contribution in [0.4, 0.5) is 18.9 Å². The van der Waals surface area contributed by atoms with Crippen LogP contribution in [0, 0.1) is 0 Å². The second-order valence-electron chi connectivity index (χ2n) is 4.27. The molecule has 120 valence electrons. The van der Waals surface area contributed by atoms with E-state index in [4.69, 9.17) is 10.5 Å². The lowest BCUT2D eigenvalue weighted by Crippen LogP contribution is -2.19. The molecular formula is C12H17F3N2O3S. The fraction of sp³-hybridized carbons (Fsp3) is 0.500. The number of nitrogens with two attached hydrogens (primary N) is 1. The highest BCUT2D eigenvalue weighted by Crippen LogP contribution is 2.26. The van der Waals surface area contributed by atoms with Crippen LogP contribution in [0.5, 0.6) is 5.75 Å². The number of halogens is 3. The number of benzene rings is 1. The maximum absolute atomic E-state index is 12.0. The number of anilines is 1. The zero-order valence-corrected chi connectivity index (χ0v) is 12.0. The Morgan fingerprint density at radius 2 is 1.90 bits per heavy atom. The highest BCUT2D eigenvalue weighted by molar-refractivity contribution is 7.92. The second-order valence-corrected chi connectivity index (χ2v) is 6.11. The maximum atomic E-state index is 12.0. The van der Waals surface area contributed by atoms with Crippen molar-refractivity contribution in [2.75, 3.05) is 23.6 Å². The number of para-hydroxylation sites is 2. The number of alkyl halides is 3. The first-order valence-electron chi connectivity index (χ1n) is 6.23. The predicted octanol–water partition coefficient (Wildman–Crippen LogP) is 2.11. The highest BCUT2D eigenvalue weighted by Gasteiger charge is 2.27. The summed E-state index contributed by atoms with van der Waals surface area (Å²) in [7, 11) is -3.87. The van der Waals surface area contributed by atoms with E-state index in [0.717, 1.165) is 0 Å². The zero-order valence-electron chi connectivity index (χ0n) is 11.2. The Hall–Kier alpha value is -1.48. The zero-order chi connectivity index (χ0) is 15.9. The second kappa shape index (κ2) is 7.51. The Morgan fingerprint density at radius 3 is 2.52 bits per heavy atom. The molecule has 5 nitrogen and oxygen atoms in total. The molecule has 0 fully saturated rings. The standard InChI is InChI=1S/C12H17F3N2O3S/c13-12(14,15)6-3-9-21(18,19)17-10-4-1-2-5-11(10)20-8-7-16/h1-2,4-5,17H,3,6-9,16H2. The third-order valence-corrected chi connectivity index (χ3v) is 3.76. The van der Waals surface area contributed by atoms with Gasteiger partial charge in [-0.15, -0.1) is 0 Å². The van der Waals surface area contributed by atoms with E-state index in [9.17, 15) is 21.6 Å². The molecule has 3 N–H and O–H groups in total. The highest BCUT2D eigenvalue weighted by atomic mass is 32.2. The van der Waals surface area contributed by atoms with Gasteiger partial charge in [-0.05, 0) is 18.6 Å². The average molecular weight is 326 g/mol. The lowest BCUT2D eigenvalue weighted by atomic mass is 10.3. The van der Waals surface area contributed by atoms with E-state index in [1.54, 1.807) is 18.2 Å². The van der Waals surface area contributed by atoms with Crippen molar-refractivity contribution < 1.29 is 26.3 Å². The molecule has 0 amide bonds. The van der Waals surface area contributed by atoms with Crippen molar-refractivity contribution in [1.82, 2.24) is 0 Å². The molecule has 0 spiro atoms. The summed E-state index contributed by atoms with van der Waals surface area (Å²) >= 11 is 0. The number of nitrogens with one attached hydrogen (secondary N) is 1. The van der Waals surface area contributed by atoms with Gasteiger partial charge < -0.3 is 10.5 Å². The van der Waals surface area contributed by atoms with Crippen LogP contribution in [-0.2, 0) is 10.0 Å². The average Bonchev–Trinajstić information content (AvgIpc) is 2.35. The van der Waals surface area contributed by atoms with E-state index in [-0.39, 0.29) is 24.6 Å². The van der Waals surface area contributed by atoms with Gasteiger partial charge in [0.15, 0.2) is 0 Å². The van der Waals surface area contributed by atoms with Gasteiger partial charge in [0.1, 0.15) is 12.4 Å². The molecular weight excluding hydrogens is 309 g/mol. The van der Waals surface area contributed by atoms with Gasteiger partial charge in [0.05, 0.1) is 11.4 Å². The van der Waals surface area contributed by atoms with Crippen LogP contribution in [0.25, 0.3) is 0 Å². The van der Waals surface area contributed by atoms with Gasteiger partial charge in [-0.3, -0.25) is 4.72 Å². The maximum Gasteiger partial charge on any atom is 0.389 e. The molecule has 0 saturated heterocycles. The van der Waals surface area contributed by atoms with E-state index in [1.165, 1.54) is 6.07 Å². The van der Waals surface area contributed by atoms with Gasteiger partial charge in [0.25, 0.3) is 0 Å². The quantitative estimate of drug-likeness (QED) is 0.766. The molecule has 0 aromatic heterocycles. The molecule has 0 aliphatic carbocycles. The van der Waals surface area contributed by atoms with Crippen LogP contribution in [-0.4, -0.2) is 33.5 Å². The van der Waals surface area contributed by atoms with E-state index >= 15 is 0 Å². The summed E-state index contributed by atoms with van der Waals surface area (Å²) in [5.41, 5.74) is 5.47. The topological polar surface area (TPSA) is 81.4 Å². The lowest BCUT2D eigenvalue weighted by molar-refractivity contribution is -0.134. The van der Waals surface area contributed by atoms with Gasteiger partial charge >= 0.3 is 6.18 Å². The molecule has 21 heavy (non-hydrogen) atoms. The number of rotatable bonds is 8. The normalized spacial score (nSPS) is 12.2. The van der Waals surface area contributed by atoms with Crippen molar-refractivity contribution in [3.63, 3.8) is 0 Å². The molecule has 1 aromatic rings. The molecule has 0 unspecified atom stereocenters. The molecule has 0 aliphatic rings. The first-order valence-corrected chi connectivity index (χ1v) is 7.88. The SMILES string of the molecule is NCCOc1ccccc1NS(=O)(=O)CCCC(F)(F)F. The summed E-state index contributed by atoms with van der Waals surface area (Å²) in [4.78, 5) is 0. The molecule has 0 radical (unpaired) electrons. The first kappa shape index (κ1) is 17.6. The molecule has 0 atom stereocenters. The van der Waals surface area contributed by atoms with Crippen molar-refractivity contribution in [1.29, 1.82) is 0 Å². The summed E-state index contributed by atoms with van der Waals surface area (Å²) in [6, 6.07) is 6.24. The lowest BCUT2D eigenvalue weighted by Gasteiger charge is -2.13. The Balaban J connectivity index is 2.66. The number of ether oxygens (including phenoxy) is 1. The minimum absolute atomic E-state index is 0.179. The van der Waals surface area contributed by atoms with E-state index in [2.05, 4.69) is 4.72 Å². The van der Waals surface area contributed by atoms with Crippen molar-refractivity contribution in [2.24, 2.45) is 5.73 Å². The molecule has 0 heterocycles. The van der Waals surface area contributed by atoms with Crippen molar-refractivity contribution >= 4 is 15.7 Å². The van der Waals surface area contributed by atoms with Crippen LogP contribution < -0.4 is 15.2 Å². The van der Waals surface area contributed by atoms with Crippen LogP contribution in [0.2, 0.25) is 0 Å². The smallest absolute Gasteiger partial charge is 0.389 e. The monoisotopic (exact) mass is 326 g/mol. The van der Waals surface area contributed by atoms with E-state index < -0.39 is 34.8 Å². The molecule has 0 saturated carbocycles. The summed E-state index contributed by atoms with van der Waals surface area (Å²) in [5, 5.41) is 0. The summed E-state index contributed by atoms with van der Waals surface area (Å²) in [6.45, 7) is 0.458. The van der Waals surface area contributed by atoms with Crippen LogP contribution >= 0.6 is 0 Å². The summed E-state index contributed by atoms with van der Waals surface area (Å²) in [6.07, 6.45) is -6.00. The Labute approximate surface area is 121 Å². The Bertz CT molecular complexity index is 547. The van der Waals surface area contributed by atoms with Crippen molar-refractivity contribution in [3.05, 3.63) is 24.3 Å². The molecule has 1 rings (SSSR count). The number of hydrogen-bond donors (Lipinski definition) is 2. The first-order chi connectivity index (χ1) is 9.73. The third-order valence-electron chi connectivity index (χ3n) is 2.40. The van der Waals surface area contributed by atoms with Gasteiger partial charge in [0.2, 0.25) is 10.0 Å². The van der Waals surface area contributed by atoms with Gasteiger partial charge in [-0.25, -0.2) is 8.42 Å². The predicted molar refractivity (Wildman–Crippen MR) is 73.7 cm³/mol. The fourth-order valence-electron chi connectivity index (χ4n) is 1.53. The minimum atomic E-state index is -4.36. The van der Waals surface area contributed by atoms with Gasteiger partial charge in [0, 0.05) is 13.0 Å². The van der Waals surface area contributed by atoms with Crippen LogP contribution in [0.3, 0.4) is 0 Å². The van der Waals surface area contributed by atoms with E-state index in [0.29, 0.717) is 0 Å². The Kier molecular flexibility index (Phi) is 6.28.